The highest BCUT2D eigenvalue weighted by atomic mass is 16.2. The standard InChI is InChI=1S/C18H19N5O/c24-18(13-20-16-8-4-9-19-12-16)22-17(14-23-11-5-10-21-23)15-6-2-1-3-7-15/h1-12,17,20H,13-14H2,(H,22,24). The summed E-state index contributed by atoms with van der Waals surface area (Å²) < 4.78 is 1.81. The molecule has 0 radical (unpaired) electrons. The van der Waals surface area contributed by atoms with Crippen LogP contribution < -0.4 is 10.6 Å². The van der Waals surface area contributed by atoms with E-state index in [0.717, 1.165) is 11.3 Å². The zero-order chi connectivity index (χ0) is 16.6. The first-order chi connectivity index (χ1) is 11.8. The molecule has 3 rings (SSSR count). The van der Waals surface area contributed by atoms with Gasteiger partial charge in [0.2, 0.25) is 5.91 Å². The quantitative estimate of drug-likeness (QED) is 0.700. The number of aromatic nitrogens is 3. The number of hydrogen-bond acceptors (Lipinski definition) is 4. The van der Waals surface area contributed by atoms with Gasteiger partial charge in [-0.25, -0.2) is 0 Å². The first-order valence-electron chi connectivity index (χ1n) is 7.77. The molecule has 3 aromatic rings. The number of anilines is 1. The highest BCUT2D eigenvalue weighted by Crippen LogP contribution is 2.14. The van der Waals surface area contributed by atoms with E-state index in [1.165, 1.54) is 0 Å². The van der Waals surface area contributed by atoms with Crippen LogP contribution in [0.3, 0.4) is 0 Å². The van der Waals surface area contributed by atoms with Crippen LogP contribution in [0.2, 0.25) is 0 Å². The Kier molecular flexibility index (Phi) is 5.19. The van der Waals surface area contributed by atoms with Crippen molar-refractivity contribution >= 4 is 11.6 Å². The molecule has 122 valence electrons. The molecule has 1 atom stereocenters. The molecule has 0 saturated heterocycles. The van der Waals surface area contributed by atoms with Crippen LogP contribution in [0, 0.1) is 0 Å². The van der Waals surface area contributed by atoms with Gasteiger partial charge in [0.1, 0.15) is 0 Å². The van der Waals surface area contributed by atoms with Crippen molar-refractivity contribution in [1.29, 1.82) is 0 Å². The third kappa shape index (κ3) is 4.42. The van der Waals surface area contributed by atoms with E-state index < -0.39 is 0 Å². The van der Waals surface area contributed by atoms with E-state index in [4.69, 9.17) is 0 Å². The minimum absolute atomic E-state index is 0.0835. The van der Waals surface area contributed by atoms with E-state index >= 15 is 0 Å². The average Bonchev–Trinajstić information content (AvgIpc) is 3.14. The van der Waals surface area contributed by atoms with E-state index in [0.29, 0.717) is 6.54 Å². The lowest BCUT2D eigenvalue weighted by atomic mass is 10.1. The molecule has 0 aliphatic heterocycles. The number of pyridine rings is 1. The molecular formula is C18H19N5O. The molecule has 2 aromatic heterocycles. The highest BCUT2D eigenvalue weighted by Gasteiger charge is 2.15. The van der Waals surface area contributed by atoms with Crippen LogP contribution in [-0.4, -0.2) is 27.2 Å². The van der Waals surface area contributed by atoms with Crippen molar-refractivity contribution < 1.29 is 4.79 Å². The average molecular weight is 321 g/mol. The zero-order valence-corrected chi connectivity index (χ0v) is 13.2. The number of carbonyl (C=O) groups is 1. The van der Waals surface area contributed by atoms with Gasteiger partial charge in [-0.05, 0) is 23.8 Å². The highest BCUT2D eigenvalue weighted by molar-refractivity contribution is 5.81. The van der Waals surface area contributed by atoms with E-state index in [-0.39, 0.29) is 18.5 Å². The van der Waals surface area contributed by atoms with Gasteiger partial charge in [-0.2, -0.15) is 5.10 Å². The smallest absolute Gasteiger partial charge is 0.239 e. The van der Waals surface area contributed by atoms with Crippen LogP contribution in [0.5, 0.6) is 0 Å². The lowest BCUT2D eigenvalue weighted by Gasteiger charge is -2.19. The van der Waals surface area contributed by atoms with Crippen molar-refractivity contribution in [3.05, 3.63) is 78.9 Å². The summed E-state index contributed by atoms with van der Waals surface area (Å²) in [5, 5.41) is 10.3. The van der Waals surface area contributed by atoms with Crippen molar-refractivity contribution in [3.63, 3.8) is 0 Å². The topological polar surface area (TPSA) is 71.8 Å². The van der Waals surface area contributed by atoms with E-state index in [9.17, 15) is 4.79 Å². The van der Waals surface area contributed by atoms with Crippen molar-refractivity contribution in [2.24, 2.45) is 0 Å². The van der Waals surface area contributed by atoms with Crippen LogP contribution >= 0.6 is 0 Å². The maximum Gasteiger partial charge on any atom is 0.239 e. The van der Waals surface area contributed by atoms with Gasteiger partial charge < -0.3 is 10.6 Å². The maximum absolute atomic E-state index is 12.3. The Labute approximate surface area is 140 Å². The number of amides is 1. The molecule has 0 aliphatic carbocycles. The minimum Gasteiger partial charge on any atom is -0.375 e. The number of carbonyl (C=O) groups excluding carboxylic acids is 1. The Morgan fingerprint density at radius 2 is 1.96 bits per heavy atom. The summed E-state index contributed by atoms with van der Waals surface area (Å²) >= 11 is 0. The fraction of sp³-hybridized carbons (Fsp3) is 0.167. The molecule has 6 heteroatoms. The third-order valence-corrected chi connectivity index (χ3v) is 3.58. The first kappa shape index (κ1) is 15.7. The Balaban J connectivity index is 1.63. The van der Waals surface area contributed by atoms with E-state index in [1.807, 2.05) is 59.4 Å². The Morgan fingerprint density at radius 1 is 1.08 bits per heavy atom. The Bertz CT molecular complexity index is 744. The van der Waals surface area contributed by atoms with Gasteiger partial charge in [0.05, 0.1) is 24.8 Å². The van der Waals surface area contributed by atoms with Gasteiger partial charge in [-0.15, -0.1) is 0 Å². The summed E-state index contributed by atoms with van der Waals surface area (Å²) in [6.45, 7) is 0.768. The monoisotopic (exact) mass is 321 g/mol. The van der Waals surface area contributed by atoms with Crippen molar-refractivity contribution in [1.82, 2.24) is 20.1 Å². The summed E-state index contributed by atoms with van der Waals surface area (Å²) in [6, 6.07) is 15.3. The van der Waals surface area contributed by atoms with Gasteiger partial charge >= 0.3 is 0 Å². The first-order valence-corrected chi connectivity index (χ1v) is 7.77. The fourth-order valence-corrected chi connectivity index (χ4v) is 2.41. The zero-order valence-electron chi connectivity index (χ0n) is 13.2. The second-order valence-corrected chi connectivity index (χ2v) is 5.35. The predicted molar refractivity (Wildman–Crippen MR) is 92.3 cm³/mol. The lowest BCUT2D eigenvalue weighted by Crippen LogP contribution is -2.35. The molecule has 24 heavy (non-hydrogen) atoms. The van der Waals surface area contributed by atoms with Gasteiger partial charge in [-0.3, -0.25) is 14.5 Å². The second kappa shape index (κ2) is 7.92. The molecule has 1 unspecified atom stereocenters. The molecule has 1 amide bonds. The van der Waals surface area contributed by atoms with Crippen molar-refractivity contribution in [2.75, 3.05) is 11.9 Å². The number of hydrogen-bond donors (Lipinski definition) is 2. The predicted octanol–water partition coefficient (Wildman–Crippen LogP) is 2.25. The summed E-state index contributed by atoms with van der Waals surface area (Å²) in [5.74, 6) is -0.0835. The molecule has 0 bridgehead atoms. The van der Waals surface area contributed by atoms with E-state index in [2.05, 4.69) is 20.7 Å². The van der Waals surface area contributed by atoms with Crippen LogP contribution in [0.4, 0.5) is 5.69 Å². The van der Waals surface area contributed by atoms with Gasteiger partial charge in [0.15, 0.2) is 0 Å². The van der Waals surface area contributed by atoms with Gasteiger partial charge in [0, 0.05) is 24.8 Å². The Hall–Kier alpha value is -3.15. The van der Waals surface area contributed by atoms with Crippen LogP contribution in [0.15, 0.2) is 73.3 Å². The molecule has 1 aromatic carbocycles. The summed E-state index contributed by atoms with van der Waals surface area (Å²) in [5.41, 5.74) is 1.86. The molecular weight excluding hydrogens is 302 g/mol. The SMILES string of the molecule is O=C(CNc1cccnc1)NC(Cn1cccn1)c1ccccc1. The van der Waals surface area contributed by atoms with E-state index in [1.54, 1.807) is 18.6 Å². The minimum atomic E-state index is -0.144. The van der Waals surface area contributed by atoms with Crippen LogP contribution in [0.1, 0.15) is 11.6 Å². The normalized spacial score (nSPS) is 11.7. The molecule has 6 nitrogen and oxygen atoms in total. The molecule has 0 fully saturated rings. The Morgan fingerprint density at radius 3 is 2.67 bits per heavy atom. The summed E-state index contributed by atoms with van der Waals surface area (Å²) in [7, 11) is 0. The number of nitrogens with one attached hydrogen (secondary N) is 2. The molecule has 0 spiro atoms. The number of rotatable bonds is 7. The molecule has 2 heterocycles. The van der Waals surface area contributed by atoms with Crippen LogP contribution in [-0.2, 0) is 11.3 Å². The van der Waals surface area contributed by atoms with Crippen molar-refractivity contribution in [3.8, 4) is 0 Å². The van der Waals surface area contributed by atoms with Crippen molar-refractivity contribution in [2.45, 2.75) is 12.6 Å². The molecule has 0 saturated carbocycles. The maximum atomic E-state index is 12.3. The summed E-state index contributed by atoms with van der Waals surface area (Å²) in [4.78, 5) is 16.3. The second-order valence-electron chi connectivity index (χ2n) is 5.35. The van der Waals surface area contributed by atoms with Crippen LogP contribution in [0.25, 0.3) is 0 Å². The summed E-state index contributed by atoms with van der Waals surface area (Å²) in [6.07, 6.45) is 7.00. The number of benzene rings is 1. The van der Waals surface area contributed by atoms with Gasteiger partial charge in [-0.1, -0.05) is 30.3 Å². The third-order valence-electron chi connectivity index (χ3n) is 3.58. The van der Waals surface area contributed by atoms with Gasteiger partial charge in [0.25, 0.3) is 0 Å². The molecule has 2 N–H and O–H groups in total. The molecule has 0 aliphatic rings. The largest absolute Gasteiger partial charge is 0.375 e. The fourth-order valence-electron chi connectivity index (χ4n) is 2.41. The number of nitrogens with zero attached hydrogens (tertiary/aromatic N) is 3. The lowest BCUT2D eigenvalue weighted by molar-refractivity contribution is -0.120.